The van der Waals surface area contributed by atoms with Gasteiger partial charge >= 0.3 is 17.8 Å². The number of hydrogen-bond donors (Lipinski definition) is 0. The Kier molecular flexibility index (Phi) is 9.08. The third kappa shape index (κ3) is 5.45. The van der Waals surface area contributed by atoms with E-state index in [1.807, 2.05) is 30.3 Å². The van der Waals surface area contributed by atoms with Gasteiger partial charge in [-0.2, -0.15) is 10.1 Å². The number of methoxy groups -OCH3 is 1. The first kappa shape index (κ1) is 24.4. The Hall–Kier alpha value is -2.84. The van der Waals surface area contributed by atoms with Gasteiger partial charge < -0.3 is 9.47 Å². The van der Waals surface area contributed by atoms with E-state index in [-0.39, 0.29) is 18.0 Å². The van der Waals surface area contributed by atoms with E-state index in [1.165, 1.54) is 14.2 Å². The highest BCUT2D eigenvalue weighted by molar-refractivity contribution is 6.44. The van der Waals surface area contributed by atoms with Gasteiger partial charge in [0.05, 0.1) is 19.3 Å². The van der Waals surface area contributed by atoms with Crippen LogP contribution in [-0.2, 0) is 28.7 Å². The summed E-state index contributed by atoms with van der Waals surface area (Å²) in [5, 5.41) is 0.795. The fourth-order valence-corrected chi connectivity index (χ4v) is 3.53. The van der Waals surface area contributed by atoms with Crippen molar-refractivity contribution in [2.45, 2.75) is 51.6 Å². The van der Waals surface area contributed by atoms with Crippen molar-refractivity contribution in [1.82, 2.24) is 5.06 Å². The number of rotatable bonds is 12. The van der Waals surface area contributed by atoms with E-state index in [9.17, 15) is 14.4 Å². The first-order valence-electron chi connectivity index (χ1n) is 10.5. The van der Waals surface area contributed by atoms with Gasteiger partial charge in [0, 0.05) is 7.11 Å². The summed E-state index contributed by atoms with van der Waals surface area (Å²) < 4.78 is 11.2. The zero-order valence-electron chi connectivity index (χ0n) is 18.6. The molecule has 8 nitrogen and oxygen atoms in total. The minimum atomic E-state index is -1.51. The van der Waals surface area contributed by atoms with E-state index in [4.69, 9.17) is 14.3 Å². The number of carbonyl (C=O) groups excluding carboxylic acids is 3. The molecular weight excluding hydrogens is 400 g/mol. The molecule has 0 saturated heterocycles. The van der Waals surface area contributed by atoms with Gasteiger partial charge in [0.15, 0.2) is 11.4 Å². The topological polar surface area (TPSA) is 94.5 Å². The maximum atomic E-state index is 13.1. The molecule has 1 unspecified atom stereocenters. The summed E-state index contributed by atoms with van der Waals surface area (Å²) in [4.78, 5) is 46.6. The van der Waals surface area contributed by atoms with Crippen molar-refractivity contribution < 1.29 is 28.7 Å². The van der Waals surface area contributed by atoms with Gasteiger partial charge in [0.2, 0.25) is 0 Å². The van der Waals surface area contributed by atoms with Crippen molar-refractivity contribution in [1.29, 1.82) is 0 Å². The number of hydrogen-bond acceptors (Lipinski definition) is 6. The number of amides is 2. The van der Waals surface area contributed by atoms with Crippen LogP contribution in [0, 0.1) is 0 Å². The molecule has 1 aliphatic heterocycles. The summed E-state index contributed by atoms with van der Waals surface area (Å²) >= 11 is 0. The molecular formula is C23H30N2O6. The van der Waals surface area contributed by atoms with Crippen LogP contribution >= 0.6 is 0 Å². The molecule has 0 fully saturated rings. The van der Waals surface area contributed by atoms with E-state index in [0.29, 0.717) is 12.8 Å². The summed E-state index contributed by atoms with van der Waals surface area (Å²) in [5.41, 5.74) is -0.628. The molecule has 0 radical (unpaired) electrons. The molecule has 1 aromatic carbocycles. The molecule has 0 saturated carbocycles. The maximum absolute atomic E-state index is 13.1. The minimum Gasteiger partial charge on any atom is -0.463 e. The average molecular weight is 431 g/mol. The molecule has 1 aromatic rings. The Morgan fingerprint density at radius 1 is 1.10 bits per heavy atom. The fraction of sp³-hybridized carbons (Fsp3) is 0.478. The SMILES string of the molecule is CCCCCCC(OC)(C(=Cc1ccccc1)C(=O)OCC)C1=NC(=O)C(=O)N1OC. The van der Waals surface area contributed by atoms with Crippen LogP contribution in [0.25, 0.3) is 6.08 Å². The standard InChI is InChI=1S/C23H30N2O6/c1-5-7-8-12-15-23(29-3,22-24-19(26)20(27)25(22)30-4)18(21(28)31-6-2)16-17-13-10-9-11-14-17/h9-11,13-14,16H,5-8,12,15H2,1-4H3. The molecule has 0 spiro atoms. The van der Waals surface area contributed by atoms with Gasteiger partial charge in [0.1, 0.15) is 0 Å². The summed E-state index contributed by atoms with van der Waals surface area (Å²) in [5.74, 6) is -2.60. The quantitative estimate of drug-likeness (QED) is 0.219. The van der Waals surface area contributed by atoms with Crippen LogP contribution < -0.4 is 0 Å². The molecule has 168 valence electrons. The van der Waals surface area contributed by atoms with E-state index in [1.54, 1.807) is 13.0 Å². The first-order valence-corrected chi connectivity index (χ1v) is 10.5. The number of ether oxygens (including phenoxy) is 2. The average Bonchev–Trinajstić information content (AvgIpc) is 3.07. The molecule has 2 rings (SSSR count). The second-order valence-corrected chi connectivity index (χ2v) is 7.05. The normalized spacial score (nSPS) is 16.3. The number of benzene rings is 1. The van der Waals surface area contributed by atoms with Crippen LogP contribution in [-0.4, -0.2) is 55.1 Å². The molecule has 1 aliphatic rings. The summed E-state index contributed by atoms with van der Waals surface area (Å²) in [6, 6.07) is 9.20. The van der Waals surface area contributed by atoms with Crippen LogP contribution in [0.1, 0.15) is 51.5 Å². The van der Waals surface area contributed by atoms with E-state index >= 15 is 0 Å². The molecule has 2 amide bonds. The van der Waals surface area contributed by atoms with Crippen LogP contribution in [0.4, 0.5) is 0 Å². The van der Waals surface area contributed by atoms with E-state index < -0.39 is 23.4 Å². The van der Waals surface area contributed by atoms with Gasteiger partial charge in [0.25, 0.3) is 0 Å². The molecule has 0 aliphatic carbocycles. The van der Waals surface area contributed by atoms with Gasteiger partial charge in [-0.25, -0.2) is 4.79 Å². The molecule has 31 heavy (non-hydrogen) atoms. The molecule has 1 atom stereocenters. The third-order valence-electron chi connectivity index (χ3n) is 5.08. The van der Waals surface area contributed by atoms with Crippen molar-refractivity contribution >= 4 is 29.7 Å². The largest absolute Gasteiger partial charge is 0.463 e. The predicted octanol–water partition coefficient (Wildman–Crippen LogP) is 3.32. The van der Waals surface area contributed by atoms with Crippen LogP contribution in [0.5, 0.6) is 0 Å². The monoisotopic (exact) mass is 430 g/mol. The van der Waals surface area contributed by atoms with E-state index in [0.717, 1.165) is 29.9 Å². The van der Waals surface area contributed by atoms with Gasteiger partial charge in [-0.05, 0) is 31.4 Å². The van der Waals surface area contributed by atoms with E-state index in [2.05, 4.69) is 11.9 Å². The number of unbranched alkanes of at least 4 members (excludes halogenated alkanes) is 3. The zero-order valence-corrected chi connectivity index (χ0v) is 18.6. The Labute approximate surface area is 182 Å². The van der Waals surface area contributed by atoms with Crippen molar-refractivity contribution in [2.24, 2.45) is 4.99 Å². The molecule has 8 heteroatoms. The highest BCUT2D eigenvalue weighted by Gasteiger charge is 2.52. The Morgan fingerprint density at radius 3 is 2.39 bits per heavy atom. The predicted molar refractivity (Wildman–Crippen MR) is 116 cm³/mol. The first-order chi connectivity index (χ1) is 14.9. The van der Waals surface area contributed by atoms with Gasteiger partial charge in [-0.3, -0.25) is 14.4 Å². The van der Waals surface area contributed by atoms with Gasteiger partial charge in [-0.15, -0.1) is 0 Å². The smallest absolute Gasteiger partial charge is 0.343 e. The highest BCUT2D eigenvalue weighted by Crippen LogP contribution is 2.35. The summed E-state index contributed by atoms with van der Waals surface area (Å²) in [7, 11) is 2.68. The van der Waals surface area contributed by atoms with Crippen molar-refractivity contribution in [3.05, 3.63) is 41.5 Å². The summed E-state index contributed by atoms with van der Waals surface area (Å²) in [6.45, 7) is 3.95. The number of nitrogens with zero attached hydrogens (tertiary/aromatic N) is 2. The lowest BCUT2D eigenvalue weighted by molar-refractivity contribution is -0.161. The second-order valence-electron chi connectivity index (χ2n) is 7.05. The number of esters is 1. The number of aliphatic imine (C=N–C) groups is 1. The lowest BCUT2D eigenvalue weighted by Crippen LogP contribution is -2.52. The van der Waals surface area contributed by atoms with Crippen LogP contribution in [0.2, 0.25) is 0 Å². The highest BCUT2D eigenvalue weighted by atomic mass is 16.7. The van der Waals surface area contributed by atoms with Gasteiger partial charge in [-0.1, -0.05) is 56.5 Å². The van der Waals surface area contributed by atoms with Crippen molar-refractivity contribution in [2.75, 3.05) is 20.8 Å². The Morgan fingerprint density at radius 2 is 1.81 bits per heavy atom. The molecule has 0 bridgehead atoms. The van der Waals surface area contributed by atoms with Crippen molar-refractivity contribution in [3.63, 3.8) is 0 Å². The lowest BCUT2D eigenvalue weighted by Gasteiger charge is -2.36. The fourth-order valence-electron chi connectivity index (χ4n) is 3.53. The van der Waals surface area contributed by atoms with Crippen LogP contribution in [0.15, 0.2) is 40.9 Å². The lowest BCUT2D eigenvalue weighted by atomic mass is 9.84. The second kappa shape index (κ2) is 11.5. The van der Waals surface area contributed by atoms with Crippen LogP contribution in [0.3, 0.4) is 0 Å². The Balaban J connectivity index is 2.67. The molecule has 1 heterocycles. The number of hydroxylamine groups is 2. The summed E-state index contributed by atoms with van der Waals surface area (Å²) in [6.07, 6.45) is 5.52. The number of carbonyl (C=O) groups is 3. The molecule has 0 N–H and O–H groups in total. The third-order valence-corrected chi connectivity index (χ3v) is 5.08. The zero-order chi connectivity index (χ0) is 22.9. The maximum Gasteiger partial charge on any atom is 0.343 e. The molecule has 0 aromatic heterocycles. The minimum absolute atomic E-state index is 0.0702. The Bertz CT molecular complexity index is 849. The number of amidine groups is 1. The van der Waals surface area contributed by atoms with Crippen molar-refractivity contribution in [3.8, 4) is 0 Å².